The van der Waals surface area contributed by atoms with E-state index in [-0.39, 0.29) is 5.54 Å². The molecule has 154 valence electrons. The Morgan fingerprint density at radius 1 is 1.41 bits per heavy atom. The maximum absolute atomic E-state index is 4.63. The van der Waals surface area contributed by atoms with Crippen molar-refractivity contribution in [3.05, 3.63) is 17.5 Å². The van der Waals surface area contributed by atoms with Crippen molar-refractivity contribution in [1.29, 1.82) is 0 Å². The van der Waals surface area contributed by atoms with Crippen LogP contribution in [0, 0.1) is 5.92 Å². The number of aromatic nitrogens is 2. The van der Waals surface area contributed by atoms with Crippen molar-refractivity contribution in [3.8, 4) is 0 Å². The molecular formula is C21H40N6. The fourth-order valence-electron chi connectivity index (χ4n) is 4.48. The molecule has 1 N–H and O–H groups in total. The van der Waals surface area contributed by atoms with E-state index in [0.29, 0.717) is 5.92 Å². The molecule has 6 heteroatoms. The van der Waals surface area contributed by atoms with Gasteiger partial charge in [0.1, 0.15) is 0 Å². The quantitative estimate of drug-likeness (QED) is 0.612. The van der Waals surface area contributed by atoms with Gasteiger partial charge in [0.25, 0.3) is 0 Å². The van der Waals surface area contributed by atoms with E-state index in [1.165, 1.54) is 36.9 Å². The van der Waals surface area contributed by atoms with Gasteiger partial charge in [0.2, 0.25) is 0 Å². The van der Waals surface area contributed by atoms with Crippen LogP contribution < -0.4 is 5.32 Å². The van der Waals surface area contributed by atoms with Gasteiger partial charge in [-0.3, -0.25) is 9.67 Å². The first-order chi connectivity index (χ1) is 12.7. The minimum Gasteiger partial charge on any atom is -0.354 e. The maximum atomic E-state index is 4.63. The third-order valence-corrected chi connectivity index (χ3v) is 6.06. The summed E-state index contributed by atoms with van der Waals surface area (Å²) in [5, 5.41) is 8.30. The van der Waals surface area contributed by atoms with Gasteiger partial charge in [-0.25, -0.2) is 0 Å². The van der Waals surface area contributed by atoms with Crippen LogP contribution in [0.2, 0.25) is 0 Å². The molecule has 1 aromatic rings. The molecule has 0 aliphatic heterocycles. The zero-order valence-corrected chi connectivity index (χ0v) is 18.7. The zero-order valence-electron chi connectivity index (χ0n) is 18.7. The lowest BCUT2D eigenvalue weighted by molar-refractivity contribution is 0.0790. The van der Waals surface area contributed by atoms with Crippen molar-refractivity contribution in [2.45, 2.75) is 64.5 Å². The maximum Gasteiger partial charge on any atom is 0.193 e. The fourth-order valence-corrected chi connectivity index (χ4v) is 4.48. The molecule has 2 atom stereocenters. The molecule has 0 aromatic carbocycles. The molecule has 0 bridgehead atoms. The Labute approximate surface area is 166 Å². The van der Waals surface area contributed by atoms with Gasteiger partial charge in [-0.2, -0.15) is 5.10 Å². The molecule has 0 saturated heterocycles. The summed E-state index contributed by atoms with van der Waals surface area (Å²) in [5.74, 6) is 2.16. The monoisotopic (exact) mass is 376 g/mol. The van der Waals surface area contributed by atoms with Crippen LogP contribution in [-0.4, -0.2) is 65.8 Å². The molecule has 0 spiro atoms. The third kappa shape index (κ3) is 5.24. The molecule has 2 rings (SSSR count). The summed E-state index contributed by atoms with van der Waals surface area (Å²) >= 11 is 0. The Balaban J connectivity index is 2.06. The van der Waals surface area contributed by atoms with Gasteiger partial charge in [0.15, 0.2) is 5.96 Å². The van der Waals surface area contributed by atoms with Gasteiger partial charge >= 0.3 is 0 Å². The summed E-state index contributed by atoms with van der Waals surface area (Å²) < 4.78 is 1.92. The highest BCUT2D eigenvalue weighted by Gasteiger charge is 2.37. The van der Waals surface area contributed by atoms with Crippen LogP contribution in [0.4, 0.5) is 0 Å². The number of aryl methyl sites for hydroxylation is 1. The highest BCUT2D eigenvalue weighted by Crippen LogP contribution is 2.35. The van der Waals surface area contributed by atoms with Crippen LogP contribution in [0.25, 0.3) is 0 Å². The van der Waals surface area contributed by atoms with E-state index in [1.54, 1.807) is 0 Å². The number of guanidine groups is 1. The van der Waals surface area contributed by atoms with Gasteiger partial charge in [-0.1, -0.05) is 33.6 Å². The molecule has 6 nitrogen and oxygen atoms in total. The summed E-state index contributed by atoms with van der Waals surface area (Å²) in [5.41, 5.74) is 2.66. The van der Waals surface area contributed by atoms with Crippen molar-refractivity contribution < 1.29 is 0 Å². The molecular weight excluding hydrogens is 336 g/mol. The summed E-state index contributed by atoms with van der Waals surface area (Å²) in [7, 11) is 10.4. The van der Waals surface area contributed by atoms with Crippen LogP contribution in [0.5, 0.6) is 0 Å². The number of nitrogens with one attached hydrogen (secondary N) is 1. The lowest BCUT2D eigenvalue weighted by Crippen LogP contribution is -2.56. The molecule has 1 aromatic heterocycles. The lowest BCUT2D eigenvalue weighted by atomic mass is 9.75. The van der Waals surface area contributed by atoms with E-state index in [4.69, 9.17) is 0 Å². The first-order valence-electron chi connectivity index (χ1n) is 10.3. The number of hydrogen-bond acceptors (Lipinski definition) is 3. The number of likely N-dealkylation sites (N-methyl/N-ethyl adjacent to an activating group) is 1. The third-order valence-electron chi connectivity index (χ3n) is 6.06. The van der Waals surface area contributed by atoms with E-state index in [9.17, 15) is 0 Å². The predicted octanol–water partition coefficient (Wildman–Crippen LogP) is 3.06. The number of aliphatic imine (C=N–C) groups is 1. The average Bonchev–Trinajstić information content (AvgIpc) is 2.96. The first kappa shape index (κ1) is 21.7. The molecule has 0 radical (unpaired) electrons. The largest absolute Gasteiger partial charge is 0.354 e. The second-order valence-electron chi connectivity index (χ2n) is 8.95. The molecule has 27 heavy (non-hydrogen) atoms. The molecule has 1 fully saturated rings. The average molecular weight is 377 g/mol. The lowest BCUT2D eigenvalue weighted by Gasteiger charge is -2.45. The van der Waals surface area contributed by atoms with E-state index < -0.39 is 0 Å². The number of rotatable bonds is 6. The minimum absolute atomic E-state index is 0.214. The van der Waals surface area contributed by atoms with Gasteiger partial charge in [0, 0.05) is 51.5 Å². The zero-order chi connectivity index (χ0) is 20.2. The predicted molar refractivity (Wildman–Crippen MR) is 114 cm³/mol. The topological polar surface area (TPSA) is 48.7 Å². The summed E-state index contributed by atoms with van der Waals surface area (Å²) in [6, 6.07) is 0. The van der Waals surface area contributed by atoms with Crippen molar-refractivity contribution in [3.63, 3.8) is 0 Å². The van der Waals surface area contributed by atoms with Crippen LogP contribution in [-0.2, 0) is 13.6 Å². The standard InChI is InChI=1S/C21H40N6/c1-16(2)19-18(14-27(8)24-19)13-26(7)20(22-4)23-15-21(25(5)6)11-9-10-17(3)12-21/h14,16-17H,9-13,15H2,1-8H3,(H,22,23). The van der Waals surface area contributed by atoms with Gasteiger partial charge in [-0.15, -0.1) is 0 Å². The van der Waals surface area contributed by atoms with E-state index in [2.05, 4.69) is 73.3 Å². The Kier molecular flexibility index (Phi) is 7.32. The Morgan fingerprint density at radius 2 is 2.11 bits per heavy atom. The molecule has 1 aliphatic rings. The first-order valence-corrected chi connectivity index (χ1v) is 10.3. The highest BCUT2D eigenvalue weighted by atomic mass is 15.3. The van der Waals surface area contributed by atoms with E-state index in [0.717, 1.165) is 25.0 Å². The van der Waals surface area contributed by atoms with Crippen LogP contribution in [0.15, 0.2) is 11.2 Å². The highest BCUT2D eigenvalue weighted by molar-refractivity contribution is 5.79. The fraction of sp³-hybridized carbons (Fsp3) is 0.810. The SMILES string of the molecule is CN=C(NCC1(N(C)C)CCCC(C)C1)N(C)Cc1cn(C)nc1C(C)C. The van der Waals surface area contributed by atoms with E-state index >= 15 is 0 Å². The van der Waals surface area contributed by atoms with Crippen molar-refractivity contribution in [2.75, 3.05) is 34.7 Å². The number of hydrogen-bond donors (Lipinski definition) is 1. The van der Waals surface area contributed by atoms with Crippen LogP contribution in [0.1, 0.15) is 63.6 Å². The minimum atomic E-state index is 0.214. The molecule has 1 aliphatic carbocycles. The van der Waals surface area contributed by atoms with Crippen LogP contribution >= 0.6 is 0 Å². The second kappa shape index (κ2) is 9.09. The smallest absolute Gasteiger partial charge is 0.193 e. The van der Waals surface area contributed by atoms with Gasteiger partial charge in [-0.05, 0) is 38.8 Å². The van der Waals surface area contributed by atoms with Gasteiger partial charge in [0.05, 0.1) is 5.69 Å². The van der Waals surface area contributed by atoms with Crippen molar-refractivity contribution in [1.82, 2.24) is 24.9 Å². The summed E-state index contributed by atoms with van der Waals surface area (Å²) in [4.78, 5) is 9.17. The summed E-state index contributed by atoms with van der Waals surface area (Å²) in [6.45, 7) is 8.53. The van der Waals surface area contributed by atoms with Gasteiger partial charge < -0.3 is 15.1 Å². The molecule has 0 amide bonds. The number of nitrogens with zero attached hydrogens (tertiary/aromatic N) is 5. The Hall–Kier alpha value is -1.56. The van der Waals surface area contributed by atoms with Crippen molar-refractivity contribution in [2.24, 2.45) is 18.0 Å². The molecule has 1 heterocycles. The van der Waals surface area contributed by atoms with Crippen molar-refractivity contribution >= 4 is 5.96 Å². The molecule has 1 saturated carbocycles. The second-order valence-corrected chi connectivity index (χ2v) is 8.95. The normalized spacial score (nSPS) is 23.9. The Bertz CT molecular complexity index is 633. The van der Waals surface area contributed by atoms with E-state index in [1.807, 2.05) is 18.8 Å². The Morgan fingerprint density at radius 3 is 2.67 bits per heavy atom. The summed E-state index contributed by atoms with van der Waals surface area (Å²) in [6.07, 6.45) is 7.28. The molecule has 2 unspecified atom stereocenters. The van der Waals surface area contributed by atoms with Crippen LogP contribution in [0.3, 0.4) is 0 Å².